The third-order valence-electron chi connectivity index (χ3n) is 19.3. The zero-order chi connectivity index (χ0) is 53.1. The predicted molar refractivity (Wildman–Crippen MR) is 244 cm³/mol. The topological polar surface area (TPSA) is 372 Å². The van der Waals surface area contributed by atoms with Crippen LogP contribution in [0.5, 0.6) is 0 Å². The number of allylic oxidation sites excluding steroid dienone is 2. The number of aliphatic hydroxyl groups is 13. The summed E-state index contributed by atoms with van der Waals surface area (Å²) >= 11 is 0. The number of rotatable bonds is 11. The van der Waals surface area contributed by atoms with Gasteiger partial charge in [-0.05, 0) is 73.7 Å². The van der Waals surface area contributed by atoms with Crippen molar-refractivity contribution in [3.63, 3.8) is 0 Å². The summed E-state index contributed by atoms with van der Waals surface area (Å²) in [5.74, 6) is 0.0351. The van der Waals surface area contributed by atoms with Crippen LogP contribution in [0.4, 0.5) is 0 Å². The smallest absolute Gasteiger partial charge is 0.187 e. The maximum Gasteiger partial charge on any atom is 0.187 e. The van der Waals surface area contributed by atoms with Gasteiger partial charge in [0.2, 0.25) is 0 Å². The molecule has 2 unspecified atom stereocenters. The number of ether oxygens (including phenoxy) is 10. The summed E-state index contributed by atoms with van der Waals surface area (Å²) in [6.45, 7) is 6.01. The molecule has 422 valence electrons. The average Bonchev–Trinajstić information content (AvgIpc) is 3.83. The lowest BCUT2D eigenvalue weighted by molar-refractivity contribution is -0.404. The Labute approximate surface area is 427 Å². The molecular formula is C50H78O24. The van der Waals surface area contributed by atoms with Gasteiger partial charge in [0.25, 0.3) is 0 Å². The molecule has 0 radical (unpaired) electrons. The first-order valence-electron chi connectivity index (χ1n) is 26.5. The van der Waals surface area contributed by atoms with Crippen molar-refractivity contribution in [2.24, 2.45) is 46.3 Å². The van der Waals surface area contributed by atoms with Gasteiger partial charge >= 0.3 is 0 Å². The van der Waals surface area contributed by atoms with E-state index in [1.807, 2.05) is 6.08 Å². The summed E-state index contributed by atoms with van der Waals surface area (Å²) in [5, 5.41) is 141. The Bertz CT molecular complexity index is 2010. The number of hydrogen-bond acceptors (Lipinski definition) is 24. The number of fused-ring (bicyclic) bond motifs is 7. The Hall–Kier alpha value is -1.51. The minimum Gasteiger partial charge on any atom is -0.394 e. The molecule has 3 saturated carbocycles. The second kappa shape index (κ2) is 21.2. The molecule has 13 N–H and O–H groups in total. The van der Waals surface area contributed by atoms with Crippen LogP contribution >= 0.6 is 0 Å². The Morgan fingerprint density at radius 2 is 1.24 bits per heavy atom. The van der Waals surface area contributed by atoms with Gasteiger partial charge in [-0.2, -0.15) is 0 Å². The first-order valence-corrected chi connectivity index (χ1v) is 26.5. The van der Waals surface area contributed by atoms with E-state index in [9.17, 15) is 71.2 Å². The molecule has 6 saturated heterocycles. The zero-order valence-corrected chi connectivity index (χ0v) is 42.0. The second-order valence-corrected chi connectivity index (χ2v) is 23.5. The van der Waals surface area contributed by atoms with Crippen LogP contribution in [0.15, 0.2) is 11.6 Å². The average molecular weight is 1060 g/mol. The van der Waals surface area contributed by atoms with Crippen LogP contribution < -0.4 is 0 Å². The van der Waals surface area contributed by atoms with Crippen molar-refractivity contribution >= 4 is 5.78 Å². The second-order valence-electron chi connectivity index (χ2n) is 23.5. The van der Waals surface area contributed by atoms with Crippen molar-refractivity contribution < 1.29 is 119 Å². The molecule has 0 aromatic rings. The molecule has 4 aliphatic carbocycles. The van der Waals surface area contributed by atoms with Gasteiger partial charge in [-0.1, -0.05) is 33.3 Å². The van der Waals surface area contributed by atoms with E-state index in [1.54, 1.807) is 0 Å². The van der Waals surface area contributed by atoms with Crippen LogP contribution in [0.25, 0.3) is 0 Å². The number of hydrogen-bond donors (Lipinski definition) is 13. The van der Waals surface area contributed by atoms with Crippen LogP contribution in [-0.4, -0.2) is 246 Å². The van der Waals surface area contributed by atoms with E-state index in [0.717, 1.165) is 37.7 Å². The molecule has 6 aliphatic heterocycles. The van der Waals surface area contributed by atoms with Gasteiger partial charge in [-0.15, -0.1) is 0 Å². The Balaban J connectivity index is 0.843. The molecule has 0 aromatic heterocycles. The van der Waals surface area contributed by atoms with E-state index in [-0.39, 0.29) is 47.9 Å². The first kappa shape index (κ1) is 55.8. The number of carbonyl (C=O) groups is 1. The molecule has 6 heterocycles. The molecule has 24 heteroatoms. The van der Waals surface area contributed by atoms with E-state index >= 15 is 0 Å². The summed E-state index contributed by atoms with van der Waals surface area (Å²) in [6.07, 6.45) is -29.9. The van der Waals surface area contributed by atoms with Crippen molar-refractivity contribution in [3.8, 4) is 0 Å². The highest BCUT2D eigenvalue weighted by Gasteiger charge is 2.71. The highest BCUT2D eigenvalue weighted by Crippen LogP contribution is 2.69. The summed E-state index contributed by atoms with van der Waals surface area (Å²) in [5.41, 5.74) is -0.156. The third-order valence-corrected chi connectivity index (χ3v) is 19.3. The largest absolute Gasteiger partial charge is 0.394 e. The Morgan fingerprint density at radius 1 is 0.622 bits per heavy atom. The van der Waals surface area contributed by atoms with Crippen LogP contribution in [0.2, 0.25) is 0 Å². The Morgan fingerprint density at radius 3 is 1.93 bits per heavy atom. The molecule has 24 nitrogen and oxygen atoms in total. The van der Waals surface area contributed by atoms with E-state index < -0.39 is 172 Å². The van der Waals surface area contributed by atoms with Crippen molar-refractivity contribution in [3.05, 3.63) is 11.6 Å². The molecule has 31 atom stereocenters. The summed E-state index contributed by atoms with van der Waals surface area (Å²) in [7, 11) is 0. The van der Waals surface area contributed by atoms with Gasteiger partial charge in [-0.25, -0.2) is 0 Å². The molecule has 0 aromatic carbocycles. The van der Waals surface area contributed by atoms with Crippen LogP contribution in [0.1, 0.15) is 72.6 Å². The molecule has 74 heavy (non-hydrogen) atoms. The Kier molecular flexibility index (Phi) is 16.0. The first-order chi connectivity index (χ1) is 35.1. The van der Waals surface area contributed by atoms with Gasteiger partial charge in [0, 0.05) is 23.7 Å². The lowest BCUT2D eigenvalue weighted by atomic mass is 9.47. The van der Waals surface area contributed by atoms with Gasteiger partial charge in [0.05, 0.1) is 51.3 Å². The van der Waals surface area contributed by atoms with E-state index in [2.05, 4.69) is 27.7 Å². The van der Waals surface area contributed by atoms with Crippen LogP contribution in [0, 0.1) is 46.3 Å². The third kappa shape index (κ3) is 9.19. The summed E-state index contributed by atoms with van der Waals surface area (Å²) in [4.78, 5) is 14.6. The van der Waals surface area contributed by atoms with Crippen molar-refractivity contribution in [1.29, 1.82) is 0 Å². The fraction of sp³-hybridized carbons (Fsp3) is 0.940. The molecular weight excluding hydrogens is 985 g/mol. The van der Waals surface area contributed by atoms with Gasteiger partial charge in [-0.3, -0.25) is 4.79 Å². The van der Waals surface area contributed by atoms with E-state index in [0.29, 0.717) is 18.9 Å². The van der Waals surface area contributed by atoms with E-state index in [1.165, 1.54) is 0 Å². The normalized spacial score (nSPS) is 56.6. The van der Waals surface area contributed by atoms with Crippen molar-refractivity contribution in [2.75, 3.05) is 33.0 Å². The predicted octanol–water partition coefficient (Wildman–Crippen LogP) is -4.20. The standard InChI is InChI=1S/C50H78O24/c1-18-7-8-50(66-16-18)19(2)32-27(74-50)10-23-21-6-5-20-9-26(24(54)12-48(20,3)22(21)11-31(56)49(23,32)4)67-45-40(64)37(61)41(30(15-53)70-45)71-47-43(73-46-39(63)36(60)34(58)28(13-51)68-46)42(35(59)29(14-52)69-47)72-44-38(62)33(57)25(55)17-65-44/h11,18-21,23-30,32-47,51-55,57-64H,5-10,12-17H2,1-4H3/t18-,19-,20-,21?,23?,24+,25+,26+,27-,28+,29+,30+,32-,33-,34+,35+,36-,37+,38+,39+,40+,41-,42-,43+,44-,45+,46-,47-,48-,49+,50+/m0/s1. The zero-order valence-electron chi connectivity index (χ0n) is 42.0. The number of aliphatic hydroxyl groups excluding tert-OH is 13. The highest BCUT2D eigenvalue weighted by molar-refractivity contribution is 5.97. The maximum absolute atomic E-state index is 14.6. The maximum atomic E-state index is 14.6. The van der Waals surface area contributed by atoms with Gasteiger partial charge in [0.1, 0.15) is 91.6 Å². The van der Waals surface area contributed by atoms with Crippen molar-refractivity contribution in [1.82, 2.24) is 0 Å². The molecule has 9 fully saturated rings. The molecule has 0 amide bonds. The molecule has 10 rings (SSSR count). The minimum absolute atomic E-state index is 0.0120. The number of ketones is 1. The SMILES string of the molecule is C[C@H]1CC[C@@]2(OC1)O[C@H]1CC3C4CC[C@H]5C[C@@H](O[C@@H]6O[C@H](CO)[C@H](O[C@@H]7O[C@H](CO)[C@@H](O)[C@H](O[C@@H]8OC[C@@H](O)[C@H](O)[C@H]8O)[C@H]7O[C@@H]7O[C@H](CO)[C@@H](O)[C@H](O)[C@H]7O)[C@H](O)[C@H]6O)[C@H](O)C[C@]5(C)C4=CC(=O)[C@]3(C)[C@H]1[C@@H]2C. The molecule has 0 bridgehead atoms. The lowest BCUT2D eigenvalue weighted by Gasteiger charge is -2.57. The van der Waals surface area contributed by atoms with Crippen molar-refractivity contribution in [2.45, 2.75) is 213 Å². The highest BCUT2D eigenvalue weighted by atomic mass is 16.8. The fourth-order valence-electron chi connectivity index (χ4n) is 15.0. The lowest BCUT2D eigenvalue weighted by Crippen LogP contribution is -2.68. The van der Waals surface area contributed by atoms with Crippen LogP contribution in [0.3, 0.4) is 0 Å². The summed E-state index contributed by atoms with van der Waals surface area (Å²) in [6, 6.07) is 0. The molecule has 1 spiro atoms. The van der Waals surface area contributed by atoms with Gasteiger partial charge < -0.3 is 114 Å². The fourth-order valence-corrected chi connectivity index (χ4v) is 15.0. The summed E-state index contributed by atoms with van der Waals surface area (Å²) < 4.78 is 60.7. The monoisotopic (exact) mass is 1060 g/mol. The number of carbonyl (C=O) groups excluding carboxylic acids is 1. The quantitative estimate of drug-likeness (QED) is 0.0873. The minimum atomic E-state index is -2.04. The van der Waals surface area contributed by atoms with E-state index in [4.69, 9.17) is 47.4 Å². The van der Waals surface area contributed by atoms with Gasteiger partial charge in [0.15, 0.2) is 36.7 Å². The van der Waals surface area contributed by atoms with Crippen LogP contribution in [-0.2, 0) is 52.2 Å². The molecule has 10 aliphatic rings.